The van der Waals surface area contributed by atoms with Gasteiger partial charge in [-0.3, -0.25) is 0 Å². The Kier molecular flexibility index (Phi) is 5.15. The van der Waals surface area contributed by atoms with Gasteiger partial charge in [0.1, 0.15) is 5.60 Å². The summed E-state index contributed by atoms with van der Waals surface area (Å²) < 4.78 is 5.28. The van der Waals surface area contributed by atoms with Crippen LogP contribution in [0, 0.1) is 5.92 Å². The lowest BCUT2D eigenvalue weighted by Gasteiger charge is -2.43. The summed E-state index contributed by atoms with van der Waals surface area (Å²) in [6, 6.07) is 1.42. The topological polar surface area (TPSA) is 53.6 Å². The van der Waals surface area contributed by atoms with Crippen LogP contribution in [0.3, 0.4) is 0 Å². The van der Waals surface area contributed by atoms with Gasteiger partial charge in [-0.25, -0.2) is 4.79 Å². The molecule has 0 aromatic carbocycles. The summed E-state index contributed by atoms with van der Waals surface area (Å²) in [7, 11) is 2.19. The maximum absolute atomic E-state index is 11.7. The van der Waals surface area contributed by atoms with Crippen LogP contribution >= 0.6 is 0 Å². The molecule has 2 N–H and O–H groups in total. The lowest BCUT2D eigenvalue weighted by Crippen LogP contribution is -2.58. The lowest BCUT2D eigenvalue weighted by molar-refractivity contribution is 0.0455. The van der Waals surface area contributed by atoms with Crippen LogP contribution < -0.4 is 10.6 Å². The fraction of sp³-hybridized carbons (Fsp3) is 0.938. The van der Waals surface area contributed by atoms with Gasteiger partial charge in [-0.1, -0.05) is 6.92 Å². The van der Waals surface area contributed by atoms with Gasteiger partial charge in [0, 0.05) is 24.7 Å². The fourth-order valence-electron chi connectivity index (χ4n) is 3.25. The predicted molar refractivity (Wildman–Crippen MR) is 84.4 cm³/mol. The maximum Gasteiger partial charge on any atom is 0.407 e. The van der Waals surface area contributed by atoms with Crippen LogP contribution in [0.2, 0.25) is 0 Å². The molecule has 0 spiro atoms. The van der Waals surface area contributed by atoms with Crippen LogP contribution in [0.4, 0.5) is 4.79 Å². The van der Waals surface area contributed by atoms with Crippen molar-refractivity contribution in [3.05, 3.63) is 0 Å². The average Bonchev–Trinajstić information content (AvgIpc) is 2.26. The summed E-state index contributed by atoms with van der Waals surface area (Å²) in [5, 5.41) is 6.71. The van der Waals surface area contributed by atoms with E-state index in [9.17, 15) is 4.79 Å². The molecule has 0 aromatic heterocycles. The van der Waals surface area contributed by atoms with Crippen molar-refractivity contribution >= 4 is 6.09 Å². The molecule has 2 atom stereocenters. The number of likely N-dealkylation sites (tertiary alicyclic amines) is 1. The van der Waals surface area contributed by atoms with E-state index in [0.29, 0.717) is 18.0 Å². The first-order valence-corrected chi connectivity index (χ1v) is 8.17. The molecule has 1 heterocycles. The zero-order chi connectivity index (χ0) is 15.6. The van der Waals surface area contributed by atoms with Crippen molar-refractivity contribution in [3.63, 3.8) is 0 Å². The first-order chi connectivity index (χ1) is 9.73. The molecule has 1 saturated heterocycles. The van der Waals surface area contributed by atoms with Crippen LogP contribution in [-0.2, 0) is 4.74 Å². The molecular weight excluding hydrogens is 266 g/mol. The number of alkyl carbamates (subject to hydrolysis) is 1. The van der Waals surface area contributed by atoms with Gasteiger partial charge in [0.05, 0.1) is 0 Å². The average molecular weight is 297 g/mol. The lowest BCUT2D eigenvalue weighted by atomic mass is 9.84. The zero-order valence-electron chi connectivity index (χ0n) is 14.1. The summed E-state index contributed by atoms with van der Waals surface area (Å²) in [5.74, 6) is 0.696. The van der Waals surface area contributed by atoms with Gasteiger partial charge in [0.25, 0.3) is 0 Å². The normalized spacial score (nSPS) is 34.1. The summed E-state index contributed by atoms with van der Waals surface area (Å²) in [5.41, 5.74) is -0.422. The van der Waals surface area contributed by atoms with E-state index in [1.54, 1.807) is 0 Å². The molecule has 0 bridgehead atoms. The van der Waals surface area contributed by atoms with Crippen LogP contribution in [0.25, 0.3) is 0 Å². The predicted octanol–water partition coefficient (Wildman–Crippen LogP) is 1.97. The molecule has 2 rings (SSSR count). The van der Waals surface area contributed by atoms with Crippen molar-refractivity contribution < 1.29 is 9.53 Å². The molecule has 122 valence electrons. The molecule has 2 aliphatic rings. The molecule has 5 nitrogen and oxygen atoms in total. The van der Waals surface area contributed by atoms with E-state index < -0.39 is 5.60 Å². The van der Waals surface area contributed by atoms with Crippen LogP contribution in [-0.4, -0.2) is 54.9 Å². The number of rotatable bonds is 3. The Balaban J connectivity index is 1.64. The van der Waals surface area contributed by atoms with Gasteiger partial charge in [0.2, 0.25) is 0 Å². The molecule has 2 unspecified atom stereocenters. The number of hydrogen-bond acceptors (Lipinski definition) is 4. The molecular formula is C16H31N3O2. The van der Waals surface area contributed by atoms with Crippen molar-refractivity contribution in [3.8, 4) is 0 Å². The van der Waals surface area contributed by atoms with E-state index in [-0.39, 0.29) is 12.1 Å². The number of amides is 1. The first-order valence-electron chi connectivity index (χ1n) is 8.17. The molecule has 1 saturated carbocycles. The molecule has 1 amide bonds. The van der Waals surface area contributed by atoms with E-state index in [0.717, 1.165) is 12.8 Å². The van der Waals surface area contributed by atoms with Gasteiger partial charge < -0.3 is 20.3 Å². The highest BCUT2D eigenvalue weighted by molar-refractivity contribution is 5.68. The highest BCUT2D eigenvalue weighted by Gasteiger charge is 2.34. The zero-order valence-corrected chi connectivity index (χ0v) is 14.1. The standard InChI is InChI=1S/C16H31N3O2/c1-11-10-19(5)7-6-14(11)17-12-8-13(9-12)18-15(20)21-16(2,3)4/h11-14,17H,6-10H2,1-5H3,(H,18,20). The van der Waals surface area contributed by atoms with Crippen molar-refractivity contribution in [1.29, 1.82) is 0 Å². The largest absolute Gasteiger partial charge is 0.444 e. The second kappa shape index (κ2) is 6.53. The Morgan fingerprint density at radius 1 is 1.24 bits per heavy atom. The molecule has 5 heteroatoms. The molecule has 2 fully saturated rings. The number of piperidine rings is 1. The maximum atomic E-state index is 11.7. The second-order valence-corrected chi connectivity index (χ2v) is 7.81. The summed E-state index contributed by atoms with van der Waals surface area (Å²) >= 11 is 0. The number of ether oxygens (including phenoxy) is 1. The molecule has 21 heavy (non-hydrogen) atoms. The van der Waals surface area contributed by atoms with Crippen LogP contribution in [0.5, 0.6) is 0 Å². The Bertz CT molecular complexity index is 361. The van der Waals surface area contributed by atoms with Gasteiger partial charge in [-0.15, -0.1) is 0 Å². The molecule has 0 aromatic rings. The minimum atomic E-state index is -0.422. The van der Waals surface area contributed by atoms with Gasteiger partial charge in [-0.2, -0.15) is 0 Å². The second-order valence-electron chi connectivity index (χ2n) is 7.81. The van der Waals surface area contributed by atoms with E-state index >= 15 is 0 Å². The van der Waals surface area contributed by atoms with Gasteiger partial charge in [-0.05, 0) is 59.5 Å². The van der Waals surface area contributed by atoms with Crippen molar-refractivity contribution in [2.24, 2.45) is 5.92 Å². The van der Waals surface area contributed by atoms with E-state index in [2.05, 4.69) is 29.5 Å². The third-order valence-electron chi connectivity index (χ3n) is 4.42. The molecule has 1 aliphatic carbocycles. The van der Waals surface area contributed by atoms with Crippen LogP contribution in [0.1, 0.15) is 47.0 Å². The summed E-state index contributed by atoms with van der Waals surface area (Å²) in [6.45, 7) is 10.3. The van der Waals surface area contributed by atoms with E-state index in [1.807, 2.05) is 20.8 Å². The fourth-order valence-corrected chi connectivity index (χ4v) is 3.25. The summed E-state index contributed by atoms with van der Waals surface area (Å²) in [6.07, 6.45) is 2.95. The number of nitrogens with one attached hydrogen (secondary N) is 2. The number of carbonyl (C=O) groups excluding carboxylic acids is 1. The Labute approximate surface area is 128 Å². The van der Waals surface area contributed by atoms with Gasteiger partial charge >= 0.3 is 6.09 Å². The molecule has 0 radical (unpaired) electrons. The highest BCUT2D eigenvalue weighted by Crippen LogP contribution is 2.24. The van der Waals surface area contributed by atoms with Crippen molar-refractivity contribution in [2.75, 3.05) is 20.1 Å². The number of carbonyl (C=O) groups is 1. The van der Waals surface area contributed by atoms with Crippen molar-refractivity contribution in [2.45, 2.75) is 70.7 Å². The monoisotopic (exact) mass is 297 g/mol. The number of nitrogens with zero attached hydrogens (tertiary/aromatic N) is 1. The van der Waals surface area contributed by atoms with E-state index in [4.69, 9.17) is 4.74 Å². The SMILES string of the molecule is CC1CN(C)CCC1NC1CC(NC(=O)OC(C)(C)C)C1. The summed E-state index contributed by atoms with van der Waals surface area (Å²) in [4.78, 5) is 14.1. The van der Waals surface area contributed by atoms with Crippen LogP contribution in [0.15, 0.2) is 0 Å². The minimum absolute atomic E-state index is 0.263. The Morgan fingerprint density at radius 2 is 1.90 bits per heavy atom. The third-order valence-corrected chi connectivity index (χ3v) is 4.42. The third kappa shape index (κ3) is 5.15. The quantitative estimate of drug-likeness (QED) is 0.836. The Morgan fingerprint density at radius 3 is 2.48 bits per heavy atom. The molecule has 1 aliphatic heterocycles. The first kappa shape index (κ1) is 16.6. The van der Waals surface area contributed by atoms with Crippen molar-refractivity contribution in [1.82, 2.24) is 15.5 Å². The minimum Gasteiger partial charge on any atom is -0.444 e. The van der Waals surface area contributed by atoms with E-state index in [1.165, 1.54) is 19.5 Å². The van der Waals surface area contributed by atoms with Gasteiger partial charge in [0.15, 0.2) is 0 Å². The Hall–Kier alpha value is -0.810. The smallest absolute Gasteiger partial charge is 0.407 e. The highest BCUT2D eigenvalue weighted by atomic mass is 16.6. The number of hydrogen-bond donors (Lipinski definition) is 2.